The molecular weight excluding hydrogens is 426 g/mol. The molecule has 0 bridgehead atoms. The van der Waals surface area contributed by atoms with Gasteiger partial charge in [0.25, 0.3) is 0 Å². The lowest BCUT2D eigenvalue weighted by Gasteiger charge is -2.39. The normalized spacial score (nSPS) is 19.7. The van der Waals surface area contributed by atoms with Crippen LogP contribution in [0.5, 0.6) is 5.75 Å². The average Bonchev–Trinajstić information content (AvgIpc) is 2.78. The Hall–Kier alpha value is -2.57. The molecule has 0 radical (unpaired) electrons. The van der Waals surface area contributed by atoms with Gasteiger partial charge in [-0.25, -0.2) is 0 Å². The summed E-state index contributed by atoms with van der Waals surface area (Å²) in [6.45, 7) is 0.832. The number of halogens is 1. The number of ether oxygens (including phenoxy) is 1. The van der Waals surface area contributed by atoms with E-state index >= 15 is 0 Å². The Balaban J connectivity index is 1.85. The number of hydrogen-bond acceptors (Lipinski definition) is 4. The maximum Gasteiger partial charge on any atom is 0.226 e. The van der Waals surface area contributed by atoms with Gasteiger partial charge < -0.3 is 19.9 Å². The van der Waals surface area contributed by atoms with Crippen LogP contribution in [0.4, 0.5) is 0 Å². The summed E-state index contributed by atoms with van der Waals surface area (Å²) < 4.78 is 5.26. The van der Waals surface area contributed by atoms with Gasteiger partial charge in [-0.2, -0.15) is 0 Å². The van der Waals surface area contributed by atoms with Gasteiger partial charge in [-0.05, 0) is 68.9 Å². The lowest BCUT2D eigenvalue weighted by atomic mass is 9.83. The Morgan fingerprint density at radius 2 is 1.84 bits per heavy atom. The van der Waals surface area contributed by atoms with Crippen molar-refractivity contribution in [3.63, 3.8) is 0 Å². The molecule has 1 saturated heterocycles. The molecular formula is C25H32ClN3O3. The number of likely N-dealkylation sites (tertiary alicyclic amines) is 1. The molecule has 2 amide bonds. The van der Waals surface area contributed by atoms with Crippen molar-refractivity contribution in [2.24, 2.45) is 5.92 Å². The zero-order valence-corrected chi connectivity index (χ0v) is 19.9. The van der Waals surface area contributed by atoms with E-state index in [9.17, 15) is 9.59 Å². The van der Waals surface area contributed by atoms with Crippen molar-refractivity contribution in [1.29, 1.82) is 0 Å². The Labute approximate surface area is 195 Å². The molecule has 3 atom stereocenters. The topological polar surface area (TPSA) is 61.9 Å². The minimum atomic E-state index is -0.333. The van der Waals surface area contributed by atoms with Crippen molar-refractivity contribution in [3.8, 4) is 5.75 Å². The summed E-state index contributed by atoms with van der Waals surface area (Å²) in [6, 6.07) is 14.8. The molecule has 172 valence electrons. The SMILES string of the molecule is COc1ccc(C2C(C(=O)NC(CCN(C)C)c3ccc(Cl)cc3)CCC(=O)N2C)cc1. The van der Waals surface area contributed by atoms with Crippen LogP contribution in [0, 0.1) is 5.92 Å². The van der Waals surface area contributed by atoms with E-state index in [1.54, 1.807) is 19.1 Å². The molecule has 6 nitrogen and oxygen atoms in total. The Morgan fingerprint density at radius 3 is 2.44 bits per heavy atom. The molecule has 1 fully saturated rings. The first-order chi connectivity index (χ1) is 15.3. The number of methoxy groups -OCH3 is 1. The highest BCUT2D eigenvalue weighted by Gasteiger charge is 2.39. The molecule has 3 rings (SSSR count). The van der Waals surface area contributed by atoms with Crippen LogP contribution in [0.15, 0.2) is 48.5 Å². The van der Waals surface area contributed by atoms with Gasteiger partial charge in [-0.3, -0.25) is 9.59 Å². The second-order valence-corrected chi connectivity index (χ2v) is 9.01. The van der Waals surface area contributed by atoms with Crippen molar-refractivity contribution < 1.29 is 14.3 Å². The monoisotopic (exact) mass is 457 g/mol. The first-order valence-corrected chi connectivity index (χ1v) is 11.3. The van der Waals surface area contributed by atoms with Gasteiger partial charge in [0.15, 0.2) is 0 Å². The predicted octanol–water partition coefficient (Wildman–Crippen LogP) is 4.07. The van der Waals surface area contributed by atoms with E-state index < -0.39 is 0 Å². The Morgan fingerprint density at radius 1 is 1.19 bits per heavy atom. The number of piperidine rings is 1. The fraction of sp³-hybridized carbons (Fsp3) is 0.440. The zero-order valence-electron chi connectivity index (χ0n) is 19.2. The third-order valence-electron chi connectivity index (χ3n) is 6.11. The average molecular weight is 458 g/mol. The van der Waals surface area contributed by atoms with Crippen molar-refractivity contribution in [2.75, 3.05) is 34.8 Å². The molecule has 0 spiro atoms. The number of hydrogen-bond donors (Lipinski definition) is 1. The molecule has 1 N–H and O–H groups in total. The molecule has 2 aromatic carbocycles. The maximum atomic E-state index is 13.5. The van der Waals surface area contributed by atoms with E-state index in [1.165, 1.54) is 0 Å². The highest BCUT2D eigenvalue weighted by Crippen LogP contribution is 2.37. The van der Waals surface area contributed by atoms with Crippen molar-refractivity contribution >= 4 is 23.4 Å². The zero-order chi connectivity index (χ0) is 23.3. The highest BCUT2D eigenvalue weighted by molar-refractivity contribution is 6.30. The smallest absolute Gasteiger partial charge is 0.226 e. The van der Waals surface area contributed by atoms with Gasteiger partial charge in [-0.15, -0.1) is 0 Å². The van der Waals surface area contributed by atoms with E-state index in [-0.39, 0.29) is 29.8 Å². The minimum Gasteiger partial charge on any atom is -0.497 e. The maximum absolute atomic E-state index is 13.5. The standard InChI is InChI=1S/C25H32ClN3O3/c1-28(2)16-15-22(17-5-9-19(26)10-6-17)27-25(31)21-13-14-23(30)29(3)24(21)18-7-11-20(32-4)12-8-18/h5-12,21-22,24H,13-16H2,1-4H3,(H,27,31). The number of benzene rings is 2. The van der Waals surface area contributed by atoms with Gasteiger partial charge >= 0.3 is 0 Å². The number of rotatable bonds is 8. The number of nitrogens with one attached hydrogen (secondary N) is 1. The van der Waals surface area contributed by atoms with Crippen LogP contribution >= 0.6 is 11.6 Å². The quantitative estimate of drug-likeness (QED) is 0.649. The molecule has 32 heavy (non-hydrogen) atoms. The fourth-order valence-electron chi connectivity index (χ4n) is 4.25. The van der Waals surface area contributed by atoms with E-state index in [1.807, 2.05) is 62.6 Å². The molecule has 1 heterocycles. The molecule has 1 aliphatic heterocycles. The van der Waals surface area contributed by atoms with Gasteiger partial charge in [0.2, 0.25) is 11.8 Å². The molecule has 0 saturated carbocycles. The van der Waals surface area contributed by atoms with Crippen LogP contribution in [-0.4, -0.2) is 56.4 Å². The lowest BCUT2D eigenvalue weighted by molar-refractivity contribution is -0.142. The number of carbonyl (C=O) groups excluding carboxylic acids is 2. The summed E-state index contributed by atoms with van der Waals surface area (Å²) in [7, 11) is 7.43. The Bertz CT molecular complexity index is 915. The van der Waals surface area contributed by atoms with Gasteiger partial charge in [0, 0.05) is 18.5 Å². The lowest BCUT2D eigenvalue weighted by Crippen LogP contribution is -2.47. The van der Waals surface area contributed by atoms with E-state index in [4.69, 9.17) is 16.3 Å². The number of nitrogens with zero attached hydrogens (tertiary/aromatic N) is 2. The second kappa shape index (κ2) is 10.8. The molecule has 0 aromatic heterocycles. The van der Waals surface area contributed by atoms with Crippen LogP contribution in [-0.2, 0) is 9.59 Å². The molecule has 0 aliphatic carbocycles. The first kappa shape index (κ1) is 24.1. The minimum absolute atomic E-state index is 0.0381. The summed E-state index contributed by atoms with van der Waals surface area (Å²) in [6.07, 6.45) is 1.66. The third-order valence-corrected chi connectivity index (χ3v) is 6.36. The summed E-state index contributed by atoms with van der Waals surface area (Å²) in [5, 5.41) is 3.93. The summed E-state index contributed by atoms with van der Waals surface area (Å²) in [4.78, 5) is 29.8. The van der Waals surface area contributed by atoms with E-state index in [2.05, 4.69) is 10.2 Å². The van der Waals surface area contributed by atoms with E-state index in [0.717, 1.165) is 29.8 Å². The summed E-state index contributed by atoms with van der Waals surface area (Å²) >= 11 is 6.07. The van der Waals surface area contributed by atoms with E-state index in [0.29, 0.717) is 17.9 Å². The van der Waals surface area contributed by atoms with Crippen molar-refractivity contribution in [2.45, 2.75) is 31.3 Å². The largest absolute Gasteiger partial charge is 0.497 e. The summed E-state index contributed by atoms with van der Waals surface area (Å²) in [5.41, 5.74) is 1.95. The van der Waals surface area contributed by atoms with Gasteiger partial charge in [0.1, 0.15) is 5.75 Å². The molecule has 1 aliphatic rings. The Kier molecular flexibility index (Phi) is 8.15. The predicted molar refractivity (Wildman–Crippen MR) is 127 cm³/mol. The molecule has 7 heteroatoms. The van der Waals surface area contributed by atoms with Crippen LogP contribution in [0.25, 0.3) is 0 Å². The highest BCUT2D eigenvalue weighted by atomic mass is 35.5. The van der Waals surface area contributed by atoms with Crippen LogP contribution < -0.4 is 10.1 Å². The van der Waals surface area contributed by atoms with Crippen LogP contribution in [0.1, 0.15) is 42.5 Å². The van der Waals surface area contributed by atoms with Crippen molar-refractivity contribution in [1.82, 2.24) is 15.1 Å². The van der Waals surface area contributed by atoms with Crippen LogP contribution in [0.2, 0.25) is 5.02 Å². The third kappa shape index (κ3) is 5.81. The molecule has 3 unspecified atom stereocenters. The number of amides is 2. The molecule has 2 aromatic rings. The second-order valence-electron chi connectivity index (χ2n) is 8.57. The van der Waals surface area contributed by atoms with Crippen molar-refractivity contribution in [3.05, 3.63) is 64.7 Å². The van der Waals surface area contributed by atoms with Gasteiger partial charge in [0.05, 0.1) is 25.1 Å². The van der Waals surface area contributed by atoms with Gasteiger partial charge in [-0.1, -0.05) is 35.9 Å². The number of carbonyl (C=O) groups is 2. The fourth-order valence-corrected chi connectivity index (χ4v) is 4.38. The first-order valence-electron chi connectivity index (χ1n) is 10.9. The summed E-state index contributed by atoms with van der Waals surface area (Å²) in [5.74, 6) is 0.423. The van der Waals surface area contributed by atoms with Crippen LogP contribution in [0.3, 0.4) is 0 Å².